The molecule has 26 heavy (non-hydrogen) atoms. The third-order valence-corrected chi connectivity index (χ3v) is 4.23. The van der Waals surface area contributed by atoms with Crippen molar-refractivity contribution in [3.63, 3.8) is 0 Å². The summed E-state index contributed by atoms with van der Waals surface area (Å²) in [5.74, 6) is 0. The number of hydrogen-bond acceptors (Lipinski definition) is 0. The van der Waals surface area contributed by atoms with E-state index >= 15 is 0 Å². The summed E-state index contributed by atoms with van der Waals surface area (Å²) in [7, 11) is 2.97. The van der Waals surface area contributed by atoms with Gasteiger partial charge in [-0.25, -0.2) is 0 Å². The Bertz CT molecular complexity index is 865. The Labute approximate surface area is 173 Å². The Balaban J connectivity index is 0.000000410. The Kier molecular flexibility index (Phi) is 10.7. The summed E-state index contributed by atoms with van der Waals surface area (Å²) < 4.78 is 0. The summed E-state index contributed by atoms with van der Waals surface area (Å²) in [6.07, 6.45) is 0. The minimum atomic E-state index is 0. The summed E-state index contributed by atoms with van der Waals surface area (Å²) in [6, 6.07) is 21.8. The van der Waals surface area contributed by atoms with Crippen LogP contribution in [-0.2, 0) is 19.2 Å². The molecule has 0 unspecified atom stereocenters. The number of hydrogen-bond donors (Lipinski definition) is 0. The molecule has 0 N–H and O–H groups in total. The Morgan fingerprint density at radius 3 is 1.31 bits per heavy atom. The second kappa shape index (κ2) is 11.3. The molecule has 0 heterocycles. The van der Waals surface area contributed by atoms with Crippen molar-refractivity contribution < 1.29 is 19.2 Å². The van der Waals surface area contributed by atoms with E-state index in [4.69, 9.17) is 0 Å². The zero-order valence-electron chi connectivity index (χ0n) is 16.8. The molecule has 2 heteroatoms. The first-order valence-electron chi connectivity index (χ1n) is 8.05. The van der Waals surface area contributed by atoms with Gasteiger partial charge in [0, 0.05) is 0 Å². The maximum absolute atomic E-state index is 2.97. The van der Waals surface area contributed by atoms with Gasteiger partial charge in [-0.05, 0) is 13.8 Å². The first-order valence-corrected chi connectivity index (χ1v) is 10.9. The van der Waals surface area contributed by atoms with E-state index < -0.39 is 0 Å². The average molecular weight is 392 g/mol. The molecule has 0 nitrogen and oxygen atoms in total. The van der Waals surface area contributed by atoms with E-state index in [1.54, 1.807) is 19.2 Å². The molecular weight excluding hydrogens is 364 g/mol. The standard InChI is InChI=1S/2C11H11.2CH3.Si.Ti/c2*1-8-6-10-5-3-4-9(2)11(10)7-8;;;;/h2*3-7H,1-2H3;2*1H3;;/q4*-1;;. The number of benzene rings is 2. The first kappa shape index (κ1) is 24.6. The molecule has 4 rings (SSSR count). The van der Waals surface area contributed by atoms with Gasteiger partial charge in [-0.1, -0.05) is 37.1 Å². The van der Waals surface area contributed by atoms with Gasteiger partial charge >= 0.3 is 26.8 Å². The summed E-state index contributed by atoms with van der Waals surface area (Å²) in [4.78, 5) is 0. The van der Waals surface area contributed by atoms with Gasteiger partial charge in [0.1, 0.15) is 0 Å². The van der Waals surface area contributed by atoms with Gasteiger partial charge in [-0.15, -0.1) is 69.1 Å². The van der Waals surface area contributed by atoms with E-state index in [2.05, 4.69) is 96.0 Å². The zero-order chi connectivity index (χ0) is 17.7. The van der Waals surface area contributed by atoms with E-state index in [0.29, 0.717) is 0 Å². The van der Waals surface area contributed by atoms with Gasteiger partial charge in [0.25, 0.3) is 0 Å². The minimum absolute atomic E-state index is 0. The van der Waals surface area contributed by atoms with Crippen molar-refractivity contribution in [2.75, 3.05) is 0 Å². The van der Waals surface area contributed by atoms with E-state index in [1.807, 2.05) is 0 Å². The van der Waals surface area contributed by atoms with Crippen molar-refractivity contribution in [3.05, 3.63) is 97.8 Å². The molecule has 0 aliphatic carbocycles. The molecule has 4 aromatic rings. The normalized spacial score (nSPS) is 9.19. The van der Waals surface area contributed by atoms with Gasteiger partial charge in [-0.3, -0.25) is 0 Å². The molecule has 4 aromatic carbocycles. The fourth-order valence-corrected chi connectivity index (χ4v) is 3.08. The molecule has 136 valence electrons. The van der Waals surface area contributed by atoms with Crippen LogP contribution in [0.1, 0.15) is 22.3 Å². The average Bonchev–Trinajstić information content (AvgIpc) is 3.13. The molecule has 0 aromatic heterocycles. The van der Waals surface area contributed by atoms with Crippen LogP contribution in [0.3, 0.4) is 0 Å². The number of fused-ring (bicyclic) bond motifs is 2. The molecule has 0 fully saturated rings. The summed E-state index contributed by atoms with van der Waals surface area (Å²) in [5.41, 5.74) is 5.45. The van der Waals surface area contributed by atoms with E-state index in [9.17, 15) is 0 Å². The van der Waals surface area contributed by atoms with Crippen LogP contribution < -0.4 is 0 Å². The van der Waals surface area contributed by atoms with E-state index in [1.165, 1.54) is 43.8 Å². The molecular formula is C24H28SiTi-4. The van der Waals surface area contributed by atoms with Crippen molar-refractivity contribution in [2.24, 2.45) is 0 Å². The summed E-state index contributed by atoms with van der Waals surface area (Å²) in [5, 5.41) is 5.51. The third-order valence-electron chi connectivity index (χ3n) is 4.23. The van der Waals surface area contributed by atoms with Gasteiger partial charge < -0.3 is 14.9 Å². The Morgan fingerprint density at radius 1 is 0.654 bits per heavy atom. The molecule has 0 saturated carbocycles. The van der Waals surface area contributed by atoms with Crippen LogP contribution >= 0.6 is 0 Å². The molecule has 0 aliphatic heterocycles. The number of aryl methyl sites for hydroxylation is 4. The summed E-state index contributed by atoms with van der Waals surface area (Å²) in [6.45, 7) is 8.59. The molecule has 0 amide bonds. The second-order valence-corrected chi connectivity index (χ2v) is 6.22. The van der Waals surface area contributed by atoms with Crippen LogP contribution in [0.4, 0.5) is 0 Å². The molecule has 0 atom stereocenters. The van der Waals surface area contributed by atoms with Crippen molar-refractivity contribution >= 4 is 29.2 Å². The van der Waals surface area contributed by atoms with Crippen LogP contribution in [0.2, 0.25) is 0 Å². The molecule has 2 radical (unpaired) electrons. The van der Waals surface area contributed by atoms with Crippen molar-refractivity contribution in [1.29, 1.82) is 0 Å². The maximum atomic E-state index is 2.97. The van der Waals surface area contributed by atoms with Crippen LogP contribution in [-0.4, -0.2) is 7.63 Å². The molecule has 0 spiro atoms. The summed E-state index contributed by atoms with van der Waals surface area (Å²) >= 11 is 1.81. The Hall–Kier alpha value is -1.41. The topological polar surface area (TPSA) is 0 Å². The molecule has 0 aliphatic rings. The predicted octanol–water partition coefficient (Wildman–Crippen LogP) is 6.87. The molecule has 0 saturated heterocycles. The van der Waals surface area contributed by atoms with Crippen molar-refractivity contribution in [1.82, 2.24) is 0 Å². The van der Waals surface area contributed by atoms with Crippen LogP contribution in [0.25, 0.3) is 21.5 Å². The van der Waals surface area contributed by atoms with Gasteiger partial charge in [0.05, 0.1) is 0 Å². The van der Waals surface area contributed by atoms with Crippen molar-refractivity contribution in [3.8, 4) is 0 Å². The second-order valence-electron chi connectivity index (χ2n) is 6.22. The van der Waals surface area contributed by atoms with Gasteiger partial charge in [0.2, 0.25) is 0 Å². The van der Waals surface area contributed by atoms with Crippen LogP contribution in [0, 0.1) is 42.5 Å². The van der Waals surface area contributed by atoms with Crippen LogP contribution in [0.15, 0.2) is 60.7 Å². The van der Waals surface area contributed by atoms with E-state index in [-0.39, 0.29) is 14.9 Å². The predicted molar refractivity (Wildman–Crippen MR) is 117 cm³/mol. The fourth-order valence-electron chi connectivity index (χ4n) is 3.08. The first-order chi connectivity index (χ1) is 11.5. The van der Waals surface area contributed by atoms with E-state index in [0.717, 1.165) is 0 Å². The van der Waals surface area contributed by atoms with Gasteiger partial charge in [0.15, 0.2) is 0 Å². The fraction of sp³-hybridized carbons (Fsp3) is 0.167. The SMILES string of the molecule is Cc1cc2c(C)cccc2[cH-]1.Cc1cc2c(C)cccc2[cH-]1.[CH3-].[CH3-].[Si]=[Ti]. The molecule has 0 bridgehead atoms. The van der Waals surface area contributed by atoms with Gasteiger partial charge in [-0.2, -0.15) is 12.1 Å². The number of rotatable bonds is 0. The Morgan fingerprint density at radius 2 is 1.00 bits per heavy atom. The zero-order valence-corrected chi connectivity index (χ0v) is 19.3. The quantitative estimate of drug-likeness (QED) is 0.226. The van der Waals surface area contributed by atoms with Crippen LogP contribution in [0.5, 0.6) is 0 Å². The monoisotopic (exact) mass is 392 g/mol. The van der Waals surface area contributed by atoms with Crippen molar-refractivity contribution in [2.45, 2.75) is 27.7 Å². The third kappa shape index (κ3) is 5.81.